The Morgan fingerprint density at radius 3 is 2.74 bits per heavy atom. The minimum absolute atomic E-state index is 0.178. The number of nitrogens with one attached hydrogen (secondary N) is 1. The number of rotatable bonds is 5. The van der Waals surface area contributed by atoms with Crippen molar-refractivity contribution in [3.05, 3.63) is 71.4 Å². The number of fused-ring (bicyclic) bond motifs is 1. The van der Waals surface area contributed by atoms with Crippen LogP contribution in [0.15, 0.2) is 54.6 Å². The number of carbonyl (C=O) groups excluding carboxylic acids is 1. The number of benzene rings is 2. The van der Waals surface area contributed by atoms with Crippen LogP contribution in [0.4, 0.5) is 5.82 Å². The van der Waals surface area contributed by atoms with Crippen molar-refractivity contribution in [1.29, 1.82) is 0 Å². The predicted octanol–water partition coefficient (Wildman–Crippen LogP) is 4.08. The Morgan fingerprint density at radius 2 is 1.96 bits per heavy atom. The molecule has 0 fully saturated rings. The minimum Gasteiger partial charge on any atom is -0.481 e. The third-order valence-electron chi connectivity index (χ3n) is 4.82. The summed E-state index contributed by atoms with van der Waals surface area (Å²) in [4.78, 5) is 12.8. The smallest absolute Gasteiger partial charge is 0.266 e. The summed E-state index contributed by atoms with van der Waals surface area (Å²) in [6.45, 7) is 3.76. The number of hydrogen-bond donors (Lipinski definition) is 1. The van der Waals surface area contributed by atoms with Crippen molar-refractivity contribution in [3.8, 4) is 11.4 Å². The first-order valence-corrected chi connectivity index (χ1v) is 9.32. The molecule has 2 aromatic carbocycles. The molecule has 4 rings (SSSR count). The minimum atomic E-state index is -0.608. The second-order valence-corrected chi connectivity index (χ2v) is 6.94. The van der Waals surface area contributed by atoms with Gasteiger partial charge in [-0.05, 0) is 62.9 Å². The van der Waals surface area contributed by atoms with Crippen LogP contribution in [0, 0.1) is 6.92 Å². The predicted molar refractivity (Wildman–Crippen MR) is 105 cm³/mol. The SMILES string of the molecule is Cc1cccc(OC(C)C(=O)Nc2c3c(nn2-c2ccccc2)CCC3)c1. The first-order valence-electron chi connectivity index (χ1n) is 9.32. The summed E-state index contributed by atoms with van der Waals surface area (Å²) in [5, 5.41) is 7.79. The Hall–Kier alpha value is -3.08. The van der Waals surface area contributed by atoms with Crippen LogP contribution < -0.4 is 10.1 Å². The van der Waals surface area contributed by atoms with E-state index in [9.17, 15) is 4.79 Å². The van der Waals surface area contributed by atoms with E-state index in [4.69, 9.17) is 9.84 Å². The summed E-state index contributed by atoms with van der Waals surface area (Å²) in [6.07, 6.45) is 2.35. The number of ether oxygens (including phenoxy) is 1. The third-order valence-corrected chi connectivity index (χ3v) is 4.82. The van der Waals surface area contributed by atoms with Crippen LogP contribution in [0.5, 0.6) is 5.75 Å². The highest BCUT2D eigenvalue weighted by atomic mass is 16.5. The van der Waals surface area contributed by atoms with Gasteiger partial charge in [-0.2, -0.15) is 5.10 Å². The number of anilines is 1. The molecule has 5 nitrogen and oxygen atoms in total. The summed E-state index contributed by atoms with van der Waals surface area (Å²) in [6, 6.07) is 17.6. The highest BCUT2D eigenvalue weighted by Crippen LogP contribution is 2.31. The van der Waals surface area contributed by atoms with Crippen molar-refractivity contribution in [3.63, 3.8) is 0 Å². The fourth-order valence-corrected chi connectivity index (χ4v) is 3.44. The monoisotopic (exact) mass is 361 g/mol. The second-order valence-electron chi connectivity index (χ2n) is 6.94. The van der Waals surface area contributed by atoms with Gasteiger partial charge in [-0.3, -0.25) is 4.79 Å². The highest BCUT2D eigenvalue weighted by Gasteiger charge is 2.26. The van der Waals surface area contributed by atoms with E-state index >= 15 is 0 Å². The molecule has 27 heavy (non-hydrogen) atoms. The van der Waals surface area contributed by atoms with E-state index in [1.54, 1.807) is 6.92 Å². The zero-order valence-electron chi connectivity index (χ0n) is 15.6. The van der Waals surface area contributed by atoms with E-state index in [1.807, 2.05) is 66.2 Å². The van der Waals surface area contributed by atoms with Crippen LogP contribution >= 0.6 is 0 Å². The number of nitrogens with zero attached hydrogens (tertiary/aromatic N) is 2. The van der Waals surface area contributed by atoms with E-state index in [0.717, 1.165) is 47.6 Å². The maximum Gasteiger partial charge on any atom is 0.266 e. The number of hydrogen-bond acceptors (Lipinski definition) is 3. The number of carbonyl (C=O) groups is 1. The standard InChI is InChI=1S/C22H23N3O2/c1-15-8-6-11-18(14-15)27-16(2)22(26)23-21-19-12-7-13-20(19)24-25(21)17-9-4-3-5-10-17/h3-6,8-11,14,16H,7,12-13H2,1-2H3,(H,23,26). The van der Waals surface area contributed by atoms with Gasteiger partial charge in [-0.25, -0.2) is 4.68 Å². The van der Waals surface area contributed by atoms with Crippen molar-refractivity contribution >= 4 is 11.7 Å². The lowest BCUT2D eigenvalue weighted by Crippen LogP contribution is -2.31. The molecule has 1 aliphatic rings. The summed E-state index contributed by atoms with van der Waals surface area (Å²) in [5.74, 6) is 1.28. The number of aryl methyl sites for hydroxylation is 2. The zero-order chi connectivity index (χ0) is 18.8. The average Bonchev–Trinajstić information content (AvgIpc) is 3.25. The highest BCUT2D eigenvalue weighted by molar-refractivity contribution is 5.94. The molecule has 1 heterocycles. The van der Waals surface area contributed by atoms with Crippen LogP contribution in [-0.4, -0.2) is 21.8 Å². The molecule has 0 radical (unpaired) electrons. The van der Waals surface area contributed by atoms with Crippen molar-refractivity contribution in [1.82, 2.24) is 9.78 Å². The molecular weight excluding hydrogens is 338 g/mol. The van der Waals surface area contributed by atoms with E-state index in [0.29, 0.717) is 5.75 Å². The lowest BCUT2D eigenvalue weighted by atomic mass is 10.2. The molecule has 1 unspecified atom stereocenters. The molecule has 0 saturated carbocycles. The Kier molecular flexibility index (Phi) is 4.67. The quantitative estimate of drug-likeness (QED) is 0.745. The van der Waals surface area contributed by atoms with Gasteiger partial charge < -0.3 is 10.1 Å². The third kappa shape index (κ3) is 3.58. The Balaban J connectivity index is 1.57. The molecule has 5 heteroatoms. The van der Waals surface area contributed by atoms with Gasteiger partial charge >= 0.3 is 0 Å². The van der Waals surface area contributed by atoms with Crippen LogP contribution in [-0.2, 0) is 17.6 Å². The van der Waals surface area contributed by atoms with E-state index in [1.165, 1.54) is 0 Å². The van der Waals surface area contributed by atoms with Crippen molar-refractivity contribution in [2.45, 2.75) is 39.2 Å². The summed E-state index contributed by atoms with van der Waals surface area (Å²) in [7, 11) is 0. The average molecular weight is 361 g/mol. The number of para-hydroxylation sites is 1. The maximum atomic E-state index is 12.8. The molecule has 1 aromatic heterocycles. The molecule has 3 aromatic rings. The molecule has 138 valence electrons. The van der Waals surface area contributed by atoms with Crippen LogP contribution in [0.3, 0.4) is 0 Å². The molecule has 0 aliphatic heterocycles. The van der Waals surface area contributed by atoms with Crippen molar-refractivity contribution < 1.29 is 9.53 Å². The first kappa shape index (κ1) is 17.3. The molecule has 0 bridgehead atoms. The van der Waals surface area contributed by atoms with Crippen LogP contribution in [0.1, 0.15) is 30.2 Å². The van der Waals surface area contributed by atoms with Gasteiger partial charge in [0.15, 0.2) is 6.10 Å². The molecule has 1 N–H and O–H groups in total. The second kappa shape index (κ2) is 7.27. The van der Waals surface area contributed by atoms with Gasteiger partial charge in [0.25, 0.3) is 5.91 Å². The van der Waals surface area contributed by atoms with Crippen molar-refractivity contribution in [2.75, 3.05) is 5.32 Å². The zero-order valence-corrected chi connectivity index (χ0v) is 15.6. The van der Waals surface area contributed by atoms with Crippen LogP contribution in [0.25, 0.3) is 5.69 Å². The van der Waals surface area contributed by atoms with Gasteiger partial charge in [0.05, 0.1) is 11.4 Å². The van der Waals surface area contributed by atoms with Gasteiger partial charge in [0, 0.05) is 5.56 Å². The fraction of sp³-hybridized carbons (Fsp3) is 0.273. The normalized spacial score (nSPS) is 13.9. The molecular formula is C22H23N3O2. The Bertz CT molecular complexity index is 963. The van der Waals surface area contributed by atoms with E-state index < -0.39 is 6.10 Å². The van der Waals surface area contributed by atoms with E-state index in [2.05, 4.69) is 5.32 Å². The molecule has 0 saturated heterocycles. The van der Waals surface area contributed by atoms with Crippen molar-refractivity contribution in [2.24, 2.45) is 0 Å². The Morgan fingerprint density at radius 1 is 1.15 bits per heavy atom. The van der Waals surface area contributed by atoms with Crippen LogP contribution in [0.2, 0.25) is 0 Å². The summed E-state index contributed by atoms with van der Waals surface area (Å²) in [5.41, 5.74) is 4.24. The number of amides is 1. The van der Waals surface area contributed by atoms with E-state index in [-0.39, 0.29) is 5.91 Å². The Labute approximate surface area is 159 Å². The maximum absolute atomic E-state index is 12.8. The largest absolute Gasteiger partial charge is 0.481 e. The lowest BCUT2D eigenvalue weighted by Gasteiger charge is -2.16. The first-order chi connectivity index (χ1) is 13.1. The van der Waals surface area contributed by atoms with Gasteiger partial charge in [-0.1, -0.05) is 30.3 Å². The van der Waals surface area contributed by atoms with Gasteiger partial charge in [0.1, 0.15) is 11.6 Å². The molecule has 1 aliphatic carbocycles. The summed E-state index contributed by atoms with van der Waals surface area (Å²) >= 11 is 0. The van der Waals surface area contributed by atoms with Gasteiger partial charge in [0.2, 0.25) is 0 Å². The molecule has 1 atom stereocenters. The number of aromatic nitrogens is 2. The summed E-state index contributed by atoms with van der Waals surface area (Å²) < 4.78 is 7.66. The molecule has 0 spiro atoms. The lowest BCUT2D eigenvalue weighted by molar-refractivity contribution is -0.122. The molecule has 1 amide bonds. The topological polar surface area (TPSA) is 56.1 Å². The van der Waals surface area contributed by atoms with Gasteiger partial charge in [-0.15, -0.1) is 0 Å². The fourth-order valence-electron chi connectivity index (χ4n) is 3.44.